The molecule has 0 aliphatic rings. The molecule has 0 aliphatic carbocycles. The summed E-state index contributed by atoms with van der Waals surface area (Å²) in [6.45, 7) is 6.18. The van der Waals surface area contributed by atoms with Crippen molar-refractivity contribution in [2.75, 3.05) is 0 Å². The van der Waals surface area contributed by atoms with Crippen molar-refractivity contribution in [2.45, 2.75) is 6.92 Å². The van der Waals surface area contributed by atoms with Crippen molar-refractivity contribution in [1.82, 2.24) is 0 Å². The van der Waals surface area contributed by atoms with E-state index in [0.29, 0.717) is 0 Å². The lowest BCUT2D eigenvalue weighted by Crippen LogP contribution is -1.92. The van der Waals surface area contributed by atoms with Gasteiger partial charge < -0.3 is 4.42 Å². The first-order valence-electron chi connectivity index (χ1n) is 15.1. The zero-order chi connectivity index (χ0) is 29.6. The first kappa shape index (κ1) is 26.0. The van der Waals surface area contributed by atoms with E-state index in [2.05, 4.69) is 153 Å². The Morgan fingerprint density at radius 2 is 1.02 bits per heavy atom. The standard InChI is InChI=1S/C43H30O/c1-3-29-15-7-8-19-33(29)43-28(2)39-27-31(25-26-40(39)44-43)41-35-21-11-13-23-37(35)42(38-24-14-12-22-36(38)41)34-20-10-9-18-32(34)30-16-5-4-6-17-30/h3-27H,1H2,2H3. The number of hydrogen-bond acceptors (Lipinski definition) is 1. The third-order valence-corrected chi connectivity index (χ3v) is 8.86. The van der Waals surface area contributed by atoms with Crippen molar-refractivity contribution in [3.63, 3.8) is 0 Å². The average Bonchev–Trinajstić information content (AvgIpc) is 3.42. The summed E-state index contributed by atoms with van der Waals surface area (Å²) in [6, 6.07) is 52.1. The van der Waals surface area contributed by atoms with E-state index < -0.39 is 0 Å². The molecule has 0 spiro atoms. The quantitative estimate of drug-likeness (QED) is 0.190. The highest BCUT2D eigenvalue weighted by molar-refractivity contribution is 6.22. The number of furan rings is 1. The minimum atomic E-state index is 0.891. The van der Waals surface area contributed by atoms with Gasteiger partial charge in [-0.1, -0.05) is 146 Å². The van der Waals surface area contributed by atoms with Crippen LogP contribution in [0.3, 0.4) is 0 Å². The van der Waals surface area contributed by atoms with E-state index >= 15 is 0 Å². The summed E-state index contributed by atoms with van der Waals surface area (Å²) in [7, 11) is 0. The van der Waals surface area contributed by atoms with Crippen molar-refractivity contribution >= 4 is 38.6 Å². The van der Waals surface area contributed by atoms with E-state index in [1.54, 1.807) is 0 Å². The Labute approximate surface area is 257 Å². The molecule has 208 valence electrons. The molecule has 0 unspecified atom stereocenters. The summed E-state index contributed by atoms with van der Waals surface area (Å²) >= 11 is 0. The van der Waals surface area contributed by atoms with Gasteiger partial charge >= 0.3 is 0 Å². The van der Waals surface area contributed by atoms with Crippen LogP contribution in [0.2, 0.25) is 0 Å². The van der Waals surface area contributed by atoms with Gasteiger partial charge in [0.25, 0.3) is 0 Å². The Morgan fingerprint density at radius 3 is 1.68 bits per heavy atom. The molecule has 8 rings (SSSR count). The van der Waals surface area contributed by atoms with E-state index in [9.17, 15) is 0 Å². The van der Waals surface area contributed by atoms with Gasteiger partial charge in [-0.15, -0.1) is 0 Å². The van der Waals surface area contributed by atoms with Gasteiger partial charge in [0.2, 0.25) is 0 Å². The molecule has 0 N–H and O–H groups in total. The Balaban J connectivity index is 1.41. The topological polar surface area (TPSA) is 13.1 Å². The molecule has 1 heterocycles. The smallest absolute Gasteiger partial charge is 0.138 e. The predicted octanol–water partition coefficient (Wildman–Crippen LogP) is 12.4. The first-order chi connectivity index (χ1) is 21.7. The molecular formula is C43H30O. The maximum absolute atomic E-state index is 6.48. The number of aryl methyl sites for hydroxylation is 1. The zero-order valence-electron chi connectivity index (χ0n) is 24.5. The minimum absolute atomic E-state index is 0.891. The molecule has 7 aromatic carbocycles. The molecule has 0 aliphatic heterocycles. The summed E-state index contributed by atoms with van der Waals surface area (Å²) < 4.78 is 6.48. The van der Waals surface area contributed by atoms with E-state index in [-0.39, 0.29) is 0 Å². The highest BCUT2D eigenvalue weighted by Crippen LogP contribution is 2.47. The number of hydrogen-bond donors (Lipinski definition) is 0. The van der Waals surface area contributed by atoms with Gasteiger partial charge in [-0.2, -0.15) is 0 Å². The predicted molar refractivity (Wildman–Crippen MR) is 188 cm³/mol. The van der Waals surface area contributed by atoms with Crippen molar-refractivity contribution < 1.29 is 4.42 Å². The fourth-order valence-corrected chi connectivity index (χ4v) is 6.82. The maximum atomic E-state index is 6.48. The van der Waals surface area contributed by atoms with Crippen LogP contribution in [0.15, 0.2) is 157 Å². The van der Waals surface area contributed by atoms with Gasteiger partial charge in [0.05, 0.1) is 0 Å². The second kappa shape index (κ2) is 10.6. The Bertz CT molecular complexity index is 2300. The maximum Gasteiger partial charge on any atom is 0.138 e. The summed E-state index contributed by atoms with van der Waals surface area (Å²) in [5, 5.41) is 6.09. The monoisotopic (exact) mass is 562 g/mol. The molecule has 0 bridgehead atoms. The Kier molecular flexibility index (Phi) is 6.24. The third kappa shape index (κ3) is 4.09. The fourth-order valence-electron chi connectivity index (χ4n) is 6.82. The van der Waals surface area contributed by atoms with E-state index in [1.807, 2.05) is 12.1 Å². The van der Waals surface area contributed by atoms with Gasteiger partial charge in [0, 0.05) is 16.5 Å². The van der Waals surface area contributed by atoms with Gasteiger partial charge in [0.15, 0.2) is 0 Å². The normalized spacial score (nSPS) is 11.4. The third-order valence-electron chi connectivity index (χ3n) is 8.86. The largest absolute Gasteiger partial charge is 0.456 e. The average molecular weight is 563 g/mol. The molecular weight excluding hydrogens is 532 g/mol. The fraction of sp³-hybridized carbons (Fsp3) is 0.0233. The lowest BCUT2D eigenvalue weighted by atomic mass is 9.83. The molecule has 0 saturated heterocycles. The van der Waals surface area contributed by atoms with Crippen LogP contribution < -0.4 is 0 Å². The van der Waals surface area contributed by atoms with Crippen LogP contribution in [0.1, 0.15) is 11.1 Å². The molecule has 1 nitrogen and oxygen atoms in total. The van der Waals surface area contributed by atoms with Crippen LogP contribution >= 0.6 is 0 Å². The van der Waals surface area contributed by atoms with Gasteiger partial charge in [-0.3, -0.25) is 0 Å². The summed E-state index contributed by atoms with van der Waals surface area (Å²) in [4.78, 5) is 0. The van der Waals surface area contributed by atoms with Crippen LogP contribution in [-0.4, -0.2) is 0 Å². The molecule has 1 heteroatoms. The highest BCUT2D eigenvalue weighted by Gasteiger charge is 2.20. The van der Waals surface area contributed by atoms with Crippen LogP contribution in [0, 0.1) is 6.92 Å². The van der Waals surface area contributed by atoms with E-state index in [0.717, 1.165) is 33.4 Å². The van der Waals surface area contributed by atoms with Crippen LogP contribution in [0.5, 0.6) is 0 Å². The number of rotatable bonds is 5. The van der Waals surface area contributed by atoms with Gasteiger partial charge in [0.1, 0.15) is 11.3 Å². The molecule has 1 aromatic heterocycles. The lowest BCUT2D eigenvalue weighted by Gasteiger charge is -2.19. The number of fused-ring (bicyclic) bond motifs is 3. The molecule has 0 saturated carbocycles. The molecule has 0 fully saturated rings. The molecule has 8 aromatic rings. The second-order valence-electron chi connectivity index (χ2n) is 11.3. The van der Waals surface area contributed by atoms with Crippen molar-refractivity contribution in [3.05, 3.63) is 163 Å². The SMILES string of the molecule is C=Cc1ccccc1-c1oc2ccc(-c3c4ccccc4c(-c4ccccc4-c4ccccc4)c4ccccc34)cc2c1C. The van der Waals surface area contributed by atoms with Crippen LogP contribution in [-0.2, 0) is 0 Å². The van der Waals surface area contributed by atoms with Crippen LogP contribution in [0.25, 0.3) is 83.3 Å². The van der Waals surface area contributed by atoms with Crippen molar-refractivity contribution in [2.24, 2.45) is 0 Å². The zero-order valence-corrected chi connectivity index (χ0v) is 24.5. The van der Waals surface area contributed by atoms with Crippen molar-refractivity contribution in [3.8, 4) is 44.7 Å². The van der Waals surface area contributed by atoms with Crippen molar-refractivity contribution in [1.29, 1.82) is 0 Å². The van der Waals surface area contributed by atoms with E-state index in [1.165, 1.54) is 54.9 Å². The highest BCUT2D eigenvalue weighted by atomic mass is 16.3. The van der Waals surface area contributed by atoms with E-state index in [4.69, 9.17) is 4.42 Å². The van der Waals surface area contributed by atoms with Gasteiger partial charge in [-0.05, 0) is 79.5 Å². The summed E-state index contributed by atoms with van der Waals surface area (Å²) in [5.41, 5.74) is 11.5. The molecule has 0 amide bonds. The Hall–Kier alpha value is -5.66. The minimum Gasteiger partial charge on any atom is -0.456 e. The number of benzene rings is 7. The molecule has 0 radical (unpaired) electrons. The van der Waals surface area contributed by atoms with Gasteiger partial charge in [-0.25, -0.2) is 0 Å². The second-order valence-corrected chi connectivity index (χ2v) is 11.3. The Morgan fingerprint density at radius 1 is 0.477 bits per heavy atom. The first-order valence-corrected chi connectivity index (χ1v) is 15.1. The summed E-state index contributed by atoms with van der Waals surface area (Å²) in [5.74, 6) is 0.898. The molecule has 44 heavy (non-hydrogen) atoms. The summed E-state index contributed by atoms with van der Waals surface area (Å²) in [6.07, 6.45) is 1.89. The lowest BCUT2D eigenvalue weighted by molar-refractivity contribution is 0.629. The van der Waals surface area contributed by atoms with Crippen LogP contribution in [0.4, 0.5) is 0 Å². The molecule has 0 atom stereocenters.